The number of nitrogens with zero attached hydrogens (tertiary/aromatic N) is 1. The van der Waals surface area contributed by atoms with Crippen LogP contribution in [0, 0.1) is 11.3 Å². The van der Waals surface area contributed by atoms with Crippen molar-refractivity contribution in [3.63, 3.8) is 0 Å². The van der Waals surface area contributed by atoms with Gasteiger partial charge in [0.15, 0.2) is 0 Å². The lowest BCUT2D eigenvalue weighted by Crippen LogP contribution is -2.10. The van der Waals surface area contributed by atoms with Crippen molar-refractivity contribution in [3.05, 3.63) is 89.0 Å². The molecule has 2 N–H and O–H groups in total. The molecule has 0 radical (unpaired) electrons. The highest BCUT2D eigenvalue weighted by Crippen LogP contribution is 2.41. The quantitative estimate of drug-likeness (QED) is 0.355. The molecule has 0 spiro atoms. The van der Waals surface area contributed by atoms with Gasteiger partial charge in [0.1, 0.15) is 29.6 Å². The van der Waals surface area contributed by atoms with Crippen molar-refractivity contribution in [2.24, 2.45) is 5.73 Å². The molecule has 6 nitrogen and oxygen atoms in total. The fraction of sp³-hybridized carbons (Fsp3) is 0.333. The number of fused-ring (bicyclic) bond motifs is 1. The average Bonchev–Trinajstić information content (AvgIpc) is 3.34. The minimum atomic E-state index is -0.286. The third kappa shape index (κ3) is 7.94. The van der Waals surface area contributed by atoms with Crippen molar-refractivity contribution >= 4 is 6.29 Å². The van der Waals surface area contributed by atoms with E-state index >= 15 is 0 Å². The summed E-state index contributed by atoms with van der Waals surface area (Å²) in [5, 5.41) is 8.94. The Hall–Kier alpha value is -3.66. The van der Waals surface area contributed by atoms with Crippen LogP contribution >= 0.6 is 0 Å². The van der Waals surface area contributed by atoms with Crippen LogP contribution in [0.25, 0.3) is 0 Å². The van der Waals surface area contributed by atoms with E-state index in [0.29, 0.717) is 17.7 Å². The molecular weight excluding hydrogens is 452 g/mol. The SMILES string of the molecule is CC.CCOC.N#Cc1ccc(Oc2cccc3c2CCC3Oc2ccc(C(N)CC=O)cc2)cc1. The lowest BCUT2D eigenvalue weighted by Gasteiger charge is -2.17. The van der Waals surface area contributed by atoms with Crippen LogP contribution in [0.3, 0.4) is 0 Å². The van der Waals surface area contributed by atoms with Crippen LogP contribution in [0.4, 0.5) is 0 Å². The van der Waals surface area contributed by atoms with E-state index in [1.54, 1.807) is 31.4 Å². The number of hydrogen-bond acceptors (Lipinski definition) is 6. The highest BCUT2D eigenvalue weighted by atomic mass is 16.5. The normalized spacial score (nSPS) is 14.1. The molecule has 0 fully saturated rings. The van der Waals surface area contributed by atoms with Gasteiger partial charge in [-0.3, -0.25) is 0 Å². The molecule has 3 aromatic carbocycles. The Morgan fingerprint density at radius 3 is 2.28 bits per heavy atom. The van der Waals surface area contributed by atoms with Gasteiger partial charge in [0.2, 0.25) is 0 Å². The minimum absolute atomic E-state index is 0.0426. The largest absolute Gasteiger partial charge is 0.486 e. The number of ether oxygens (including phenoxy) is 3. The lowest BCUT2D eigenvalue weighted by molar-refractivity contribution is -0.108. The third-order valence-electron chi connectivity index (χ3n) is 5.61. The van der Waals surface area contributed by atoms with E-state index in [2.05, 4.69) is 16.9 Å². The standard InChI is InChI=1S/C25H22N2O3.C3H8O.C2H6/c26-16-17-4-8-19(9-5-17)29-24-3-1-2-21-22(24)12-13-25(21)30-20-10-6-18(7-11-20)23(27)14-15-28;1-3-4-2;1-2/h1-11,15,23,25H,12-14,27H2;3H2,1-2H3;1-2H3. The number of nitriles is 1. The number of carbonyl (C=O) groups excluding carboxylic acids is 1. The second-order valence-electron chi connectivity index (χ2n) is 7.86. The van der Waals surface area contributed by atoms with Gasteiger partial charge < -0.3 is 24.7 Å². The number of rotatable bonds is 8. The van der Waals surface area contributed by atoms with Gasteiger partial charge in [-0.2, -0.15) is 5.26 Å². The van der Waals surface area contributed by atoms with E-state index < -0.39 is 0 Å². The van der Waals surface area contributed by atoms with Crippen molar-refractivity contribution in [3.8, 4) is 23.3 Å². The highest BCUT2D eigenvalue weighted by molar-refractivity contribution is 5.51. The molecule has 0 saturated heterocycles. The number of aldehydes is 1. The van der Waals surface area contributed by atoms with Crippen LogP contribution in [0.15, 0.2) is 66.7 Å². The summed E-state index contributed by atoms with van der Waals surface area (Å²) in [6.45, 7) is 6.78. The van der Waals surface area contributed by atoms with Gasteiger partial charge in [0.05, 0.1) is 11.6 Å². The molecule has 36 heavy (non-hydrogen) atoms. The maximum Gasteiger partial charge on any atom is 0.131 e. The van der Waals surface area contributed by atoms with Crippen molar-refractivity contribution in [1.82, 2.24) is 0 Å². The smallest absolute Gasteiger partial charge is 0.131 e. The maximum absolute atomic E-state index is 10.6. The molecule has 2 atom stereocenters. The van der Waals surface area contributed by atoms with Crippen LogP contribution in [0.5, 0.6) is 17.2 Å². The van der Waals surface area contributed by atoms with Gasteiger partial charge in [-0.1, -0.05) is 38.1 Å². The fourth-order valence-electron chi connectivity index (χ4n) is 3.72. The second kappa shape index (κ2) is 15.4. The first-order chi connectivity index (χ1) is 17.6. The molecule has 0 amide bonds. The Morgan fingerprint density at radius 2 is 1.69 bits per heavy atom. The van der Waals surface area contributed by atoms with Crippen molar-refractivity contribution in [2.45, 2.75) is 52.2 Å². The molecule has 2 unspecified atom stereocenters. The predicted octanol–water partition coefficient (Wildman–Crippen LogP) is 6.68. The summed E-state index contributed by atoms with van der Waals surface area (Å²) in [5.41, 5.74) is 9.77. The minimum Gasteiger partial charge on any atom is -0.486 e. The number of carbonyl (C=O) groups is 1. The van der Waals surface area contributed by atoms with E-state index in [-0.39, 0.29) is 12.1 Å². The van der Waals surface area contributed by atoms with Gasteiger partial charge >= 0.3 is 0 Å². The lowest BCUT2D eigenvalue weighted by atomic mass is 10.1. The molecule has 0 saturated carbocycles. The zero-order chi connectivity index (χ0) is 26.3. The van der Waals surface area contributed by atoms with Gasteiger partial charge in [-0.15, -0.1) is 0 Å². The van der Waals surface area contributed by atoms with E-state index in [1.165, 1.54) is 0 Å². The van der Waals surface area contributed by atoms with Crippen LogP contribution < -0.4 is 15.2 Å². The summed E-state index contributed by atoms with van der Waals surface area (Å²) in [7, 11) is 1.68. The van der Waals surface area contributed by atoms with Crippen LogP contribution in [0.2, 0.25) is 0 Å². The number of nitrogens with two attached hydrogens (primary N) is 1. The monoisotopic (exact) mass is 488 g/mol. The highest BCUT2D eigenvalue weighted by Gasteiger charge is 2.27. The number of methoxy groups -OCH3 is 1. The third-order valence-corrected chi connectivity index (χ3v) is 5.61. The maximum atomic E-state index is 10.6. The fourth-order valence-corrected chi connectivity index (χ4v) is 3.72. The summed E-state index contributed by atoms with van der Waals surface area (Å²) < 4.78 is 16.8. The first-order valence-electron chi connectivity index (χ1n) is 12.3. The summed E-state index contributed by atoms with van der Waals surface area (Å²) in [5.74, 6) is 2.29. The molecule has 6 heteroatoms. The zero-order valence-electron chi connectivity index (χ0n) is 21.6. The van der Waals surface area contributed by atoms with Crippen LogP contribution in [0.1, 0.15) is 68.0 Å². The van der Waals surface area contributed by atoms with E-state index in [0.717, 1.165) is 53.9 Å². The van der Waals surface area contributed by atoms with Gasteiger partial charge in [-0.05, 0) is 73.4 Å². The molecule has 0 heterocycles. The molecule has 0 bridgehead atoms. The Bertz CT molecular complexity index is 1100. The molecule has 1 aliphatic carbocycles. The van der Waals surface area contributed by atoms with Gasteiger partial charge in [-0.25, -0.2) is 0 Å². The Kier molecular flexibility index (Phi) is 12.2. The Morgan fingerprint density at radius 1 is 1.06 bits per heavy atom. The summed E-state index contributed by atoms with van der Waals surface area (Å²) >= 11 is 0. The average molecular weight is 489 g/mol. The first-order valence-corrected chi connectivity index (χ1v) is 12.3. The van der Waals surface area contributed by atoms with Gasteiger partial charge in [0.25, 0.3) is 0 Å². The summed E-state index contributed by atoms with van der Waals surface area (Å²) in [6.07, 6.45) is 2.84. The number of benzene rings is 3. The molecule has 1 aliphatic rings. The molecule has 4 rings (SSSR count). The molecule has 0 aromatic heterocycles. The molecule has 3 aromatic rings. The molecule has 0 aliphatic heterocycles. The summed E-state index contributed by atoms with van der Waals surface area (Å²) in [6, 6.07) is 22.5. The molecular formula is C30H36N2O4. The number of hydrogen-bond donors (Lipinski definition) is 1. The van der Waals surface area contributed by atoms with Crippen molar-refractivity contribution in [1.29, 1.82) is 5.26 Å². The van der Waals surface area contributed by atoms with Crippen molar-refractivity contribution < 1.29 is 19.0 Å². The van der Waals surface area contributed by atoms with E-state index in [1.807, 2.05) is 57.2 Å². The first kappa shape index (κ1) is 28.6. The second-order valence-corrected chi connectivity index (χ2v) is 7.86. The van der Waals surface area contributed by atoms with Crippen LogP contribution in [-0.2, 0) is 16.0 Å². The summed E-state index contributed by atoms with van der Waals surface area (Å²) in [4.78, 5) is 10.6. The van der Waals surface area contributed by atoms with Crippen molar-refractivity contribution in [2.75, 3.05) is 13.7 Å². The van der Waals surface area contributed by atoms with E-state index in [4.69, 9.17) is 20.5 Å². The van der Waals surface area contributed by atoms with E-state index in [9.17, 15) is 4.79 Å². The zero-order valence-corrected chi connectivity index (χ0v) is 21.6. The van der Waals surface area contributed by atoms with Crippen LogP contribution in [-0.4, -0.2) is 20.0 Å². The topological polar surface area (TPSA) is 94.6 Å². The Balaban J connectivity index is 0.000000694. The van der Waals surface area contributed by atoms with Gasteiger partial charge in [0, 0.05) is 31.7 Å². The Labute approximate surface area is 214 Å². The predicted molar refractivity (Wildman–Crippen MR) is 142 cm³/mol. The molecule has 190 valence electrons.